The summed E-state index contributed by atoms with van der Waals surface area (Å²) in [5, 5.41) is 23.0. The van der Waals surface area contributed by atoms with Gasteiger partial charge in [-0.2, -0.15) is 0 Å². The van der Waals surface area contributed by atoms with Crippen LogP contribution in [0.5, 0.6) is 0 Å². The summed E-state index contributed by atoms with van der Waals surface area (Å²) in [6.45, 7) is 0. The lowest BCUT2D eigenvalue weighted by Crippen LogP contribution is -2.08. The lowest BCUT2D eigenvalue weighted by atomic mass is 10.1. The number of nitro groups is 1. The number of anilines is 2. The molecule has 2 N–H and O–H groups in total. The molecule has 3 aromatic rings. The van der Waals surface area contributed by atoms with Crippen LogP contribution in [0.25, 0.3) is 0 Å². The van der Waals surface area contributed by atoms with E-state index in [9.17, 15) is 20.0 Å². The quantitative estimate of drug-likeness (QED) is 0.357. The molecule has 9 heteroatoms. The van der Waals surface area contributed by atoms with Crippen molar-refractivity contribution in [3.63, 3.8) is 0 Å². The number of hydrogen-bond donors (Lipinski definition) is 2. The number of thioether (sulfide) groups is 1. The van der Waals surface area contributed by atoms with Crippen molar-refractivity contribution in [2.75, 3.05) is 5.32 Å². The van der Waals surface area contributed by atoms with Gasteiger partial charge in [-0.05, 0) is 23.8 Å². The fourth-order valence-corrected chi connectivity index (χ4v) is 3.27. The van der Waals surface area contributed by atoms with E-state index in [1.807, 2.05) is 6.07 Å². The average molecular weight is 382 g/mol. The number of carboxylic acid groups (broad SMARTS) is 1. The average Bonchev–Trinajstić information content (AvgIpc) is 2.68. The first-order chi connectivity index (χ1) is 13.0. The Morgan fingerprint density at radius 1 is 1.11 bits per heavy atom. The van der Waals surface area contributed by atoms with E-state index in [-0.39, 0.29) is 5.69 Å². The van der Waals surface area contributed by atoms with Crippen molar-refractivity contribution in [1.29, 1.82) is 0 Å². The number of carbonyl (C=O) groups is 1. The summed E-state index contributed by atoms with van der Waals surface area (Å²) in [7, 11) is 0. The summed E-state index contributed by atoms with van der Waals surface area (Å²) < 4.78 is 0. The van der Waals surface area contributed by atoms with Crippen LogP contribution in [-0.2, 0) is 4.79 Å². The standard InChI is InChI=1S/C18H14N4O4S/c23-18(24)16(12-5-2-1-3-6-12)27-17-14(7-4-10-19-17)21-15-9-8-13(11-20-15)22(25)26/h1-11,16H,(H,20,21)(H,23,24). The molecule has 0 amide bonds. The molecule has 0 aliphatic carbocycles. The Balaban J connectivity index is 1.85. The van der Waals surface area contributed by atoms with Crippen LogP contribution in [0, 0.1) is 10.1 Å². The van der Waals surface area contributed by atoms with E-state index < -0.39 is 16.1 Å². The summed E-state index contributed by atoms with van der Waals surface area (Å²) in [6, 6.07) is 15.1. The molecular weight excluding hydrogens is 368 g/mol. The van der Waals surface area contributed by atoms with E-state index in [1.54, 1.807) is 42.6 Å². The molecule has 1 aromatic carbocycles. The van der Waals surface area contributed by atoms with Gasteiger partial charge in [-0.1, -0.05) is 42.1 Å². The molecule has 0 radical (unpaired) electrons. The zero-order valence-corrected chi connectivity index (χ0v) is 14.7. The minimum absolute atomic E-state index is 0.114. The topological polar surface area (TPSA) is 118 Å². The van der Waals surface area contributed by atoms with E-state index in [1.165, 1.54) is 12.1 Å². The number of nitrogens with one attached hydrogen (secondary N) is 1. The first kappa shape index (κ1) is 18.3. The SMILES string of the molecule is O=C(O)C(Sc1ncccc1Nc1ccc([N+](=O)[O-])cn1)c1ccccc1. The molecule has 2 aromatic heterocycles. The van der Waals surface area contributed by atoms with Crippen LogP contribution < -0.4 is 5.32 Å². The molecule has 0 saturated carbocycles. The maximum Gasteiger partial charge on any atom is 0.321 e. The zero-order valence-electron chi connectivity index (χ0n) is 13.9. The van der Waals surface area contributed by atoms with E-state index in [2.05, 4.69) is 15.3 Å². The smallest absolute Gasteiger partial charge is 0.321 e. The molecule has 3 rings (SSSR count). The molecule has 0 aliphatic rings. The number of carboxylic acids is 1. The highest BCUT2D eigenvalue weighted by Crippen LogP contribution is 2.38. The van der Waals surface area contributed by atoms with Crippen LogP contribution in [0.4, 0.5) is 17.2 Å². The van der Waals surface area contributed by atoms with Gasteiger partial charge in [0.15, 0.2) is 0 Å². The van der Waals surface area contributed by atoms with E-state index in [4.69, 9.17) is 0 Å². The highest BCUT2D eigenvalue weighted by Gasteiger charge is 2.23. The number of aliphatic carboxylic acids is 1. The molecule has 2 heterocycles. The zero-order chi connectivity index (χ0) is 19.2. The van der Waals surface area contributed by atoms with E-state index in [0.29, 0.717) is 22.1 Å². The molecule has 136 valence electrons. The minimum atomic E-state index is -0.976. The van der Waals surface area contributed by atoms with Crippen molar-refractivity contribution in [3.8, 4) is 0 Å². The number of aromatic nitrogens is 2. The predicted molar refractivity (Wildman–Crippen MR) is 101 cm³/mol. The molecule has 0 saturated heterocycles. The Morgan fingerprint density at radius 3 is 2.52 bits per heavy atom. The largest absolute Gasteiger partial charge is 0.480 e. The Hall–Kier alpha value is -3.46. The Morgan fingerprint density at radius 2 is 1.89 bits per heavy atom. The molecule has 1 unspecified atom stereocenters. The maximum absolute atomic E-state index is 11.7. The van der Waals surface area contributed by atoms with Gasteiger partial charge in [0.05, 0.1) is 10.6 Å². The van der Waals surface area contributed by atoms with Gasteiger partial charge in [-0.25, -0.2) is 9.97 Å². The predicted octanol–water partition coefficient (Wildman–Crippen LogP) is 4.05. The molecule has 27 heavy (non-hydrogen) atoms. The molecule has 1 atom stereocenters. The molecule has 0 spiro atoms. The van der Waals surface area contributed by atoms with E-state index >= 15 is 0 Å². The van der Waals surface area contributed by atoms with Crippen LogP contribution >= 0.6 is 11.8 Å². The second kappa shape index (κ2) is 8.28. The first-order valence-electron chi connectivity index (χ1n) is 7.81. The second-order valence-corrected chi connectivity index (χ2v) is 6.48. The van der Waals surface area contributed by atoms with Crippen LogP contribution in [-0.4, -0.2) is 26.0 Å². The van der Waals surface area contributed by atoms with Crippen LogP contribution in [0.3, 0.4) is 0 Å². The normalized spacial score (nSPS) is 11.6. The summed E-state index contributed by atoms with van der Waals surface area (Å²) >= 11 is 1.09. The summed E-state index contributed by atoms with van der Waals surface area (Å²) in [5.41, 5.74) is 1.10. The summed E-state index contributed by atoms with van der Waals surface area (Å²) in [4.78, 5) is 30.2. The number of nitrogens with zero attached hydrogens (tertiary/aromatic N) is 3. The molecule has 0 fully saturated rings. The number of rotatable bonds is 7. The van der Waals surface area contributed by atoms with Gasteiger partial charge in [0.2, 0.25) is 0 Å². The number of pyridine rings is 2. The highest BCUT2D eigenvalue weighted by atomic mass is 32.2. The van der Waals surface area contributed by atoms with Crippen molar-refractivity contribution < 1.29 is 14.8 Å². The van der Waals surface area contributed by atoms with Crippen molar-refractivity contribution in [2.45, 2.75) is 10.3 Å². The van der Waals surface area contributed by atoms with Gasteiger partial charge < -0.3 is 10.4 Å². The molecule has 8 nitrogen and oxygen atoms in total. The second-order valence-electron chi connectivity index (χ2n) is 5.39. The monoisotopic (exact) mass is 382 g/mol. The number of benzene rings is 1. The van der Waals surface area contributed by atoms with Crippen molar-refractivity contribution in [1.82, 2.24) is 9.97 Å². The summed E-state index contributed by atoms with van der Waals surface area (Å²) in [6.07, 6.45) is 2.72. The van der Waals surface area contributed by atoms with Crippen LogP contribution in [0.1, 0.15) is 10.8 Å². The Bertz CT molecular complexity index is 951. The lowest BCUT2D eigenvalue weighted by molar-refractivity contribution is -0.385. The van der Waals surface area contributed by atoms with Crippen molar-refractivity contribution in [2.24, 2.45) is 0 Å². The van der Waals surface area contributed by atoms with Crippen LogP contribution in [0.15, 0.2) is 72.0 Å². The fourth-order valence-electron chi connectivity index (χ4n) is 2.29. The van der Waals surface area contributed by atoms with Crippen molar-refractivity contribution >= 4 is 34.9 Å². The third-order valence-corrected chi connectivity index (χ3v) is 4.81. The maximum atomic E-state index is 11.7. The lowest BCUT2D eigenvalue weighted by Gasteiger charge is -2.15. The van der Waals surface area contributed by atoms with Gasteiger partial charge in [0, 0.05) is 12.3 Å². The highest BCUT2D eigenvalue weighted by molar-refractivity contribution is 8.00. The molecular formula is C18H14N4O4S. The van der Waals surface area contributed by atoms with Gasteiger partial charge in [0.1, 0.15) is 22.3 Å². The van der Waals surface area contributed by atoms with Crippen LogP contribution in [0.2, 0.25) is 0 Å². The van der Waals surface area contributed by atoms with Gasteiger partial charge in [-0.3, -0.25) is 14.9 Å². The number of hydrogen-bond acceptors (Lipinski definition) is 7. The minimum Gasteiger partial charge on any atom is -0.480 e. The van der Waals surface area contributed by atoms with Gasteiger partial charge in [-0.15, -0.1) is 0 Å². The Labute approximate surface area is 158 Å². The van der Waals surface area contributed by atoms with Gasteiger partial charge >= 0.3 is 5.97 Å². The van der Waals surface area contributed by atoms with Gasteiger partial charge in [0.25, 0.3) is 5.69 Å². The third kappa shape index (κ3) is 4.59. The first-order valence-corrected chi connectivity index (χ1v) is 8.69. The van der Waals surface area contributed by atoms with Crippen molar-refractivity contribution in [3.05, 3.63) is 82.7 Å². The molecule has 0 aliphatic heterocycles. The third-order valence-electron chi connectivity index (χ3n) is 3.55. The molecule has 0 bridgehead atoms. The Kier molecular flexibility index (Phi) is 5.62. The van der Waals surface area contributed by atoms with E-state index in [0.717, 1.165) is 18.0 Å². The fraction of sp³-hybridized carbons (Fsp3) is 0.0556. The summed E-state index contributed by atoms with van der Waals surface area (Å²) in [5.74, 6) is -0.585.